The van der Waals surface area contributed by atoms with E-state index in [9.17, 15) is 14.4 Å². The van der Waals surface area contributed by atoms with Crippen LogP contribution in [0, 0.1) is 0 Å². The zero-order valence-corrected chi connectivity index (χ0v) is 13.1. The van der Waals surface area contributed by atoms with Gasteiger partial charge < -0.3 is 16.0 Å². The normalized spacial score (nSPS) is 15.7. The van der Waals surface area contributed by atoms with Crippen LogP contribution in [0.2, 0.25) is 0 Å². The maximum atomic E-state index is 12.2. The molecule has 0 unspecified atom stereocenters. The van der Waals surface area contributed by atoms with Crippen molar-refractivity contribution in [3.05, 3.63) is 54.1 Å². The highest BCUT2D eigenvalue weighted by Crippen LogP contribution is 2.26. The number of carbonyl (C=O) groups is 3. The molecule has 3 N–H and O–H groups in total. The molecule has 6 nitrogen and oxygen atoms in total. The number of hydrogen-bond acceptors (Lipinski definition) is 4. The minimum atomic E-state index is -0.628. The van der Waals surface area contributed by atoms with Crippen LogP contribution in [-0.2, 0) is 9.59 Å². The molecule has 0 radical (unpaired) electrons. The average molecular weight is 323 g/mol. The van der Waals surface area contributed by atoms with Crippen LogP contribution in [0.25, 0.3) is 0 Å². The number of hydrogen-bond donors (Lipinski definition) is 3. The van der Waals surface area contributed by atoms with Crippen molar-refractivity contribution in [2.24, 2.45) is 0 Å². The van der Waals surface area contributed by atoms with E-state index in [-0.39, 0.29) is 24.0 Å². The first kappa shape index (κ1) is 15.7. The van der Waals surface area contributed by atoms with Crippen LogP contribution in [0.15, 0.2) is 48.5 Å². The molecule has 1 aliphatic heterocycles. The predicted molar refractivity (Wildman–Crippen MR) is 92.2 cm³/mol. The molecule has 1 atom stereocenters. The van der Waals surface area contributed by atoms with E-state index >= 15 is 0 Å². The second-order valence-electron chi connectivity index (χ2n) is 5.62. The maximum absolute atomic E-state index is 12.2. The Morgan fingerprint density at radius 3 is 2.38 bits per heavy atom. The summed E-state index contributed by atoms with van der Waals surface area (Å²) in [6, 6.07) is 13.3. The van der Waals surface area contributed by atoms with Gasteiger partial charge in [-0.2, -0.15) is 0 Å². The fraction of sp³-hybridized carbons (Fsp3) is 0.167. The van der Waals surface area contributed by atoms with E-state index in [1.165, 1.54) is 6.92 Å². The molecular weight excluding hydrogens is 306 g/mol. The fourth-order valence-electron chi connectivity index (χ4n) is 2.52. The Hall–Kier alpha value is -3.15. The Morgan fingerprint density at radius 2 is 1.71 bits per heavy atom. The number of carbonyl (C=O) groups excluding carboxylic acids is 3. The van der Waals surface area contributed by atoms with Crippen molar-refractivity contribution in [3.8, 4) is 0 Å². The molecule has 24 heavy (non-hydrogen) atoms. The molecule has 6 heteroatoms. The molecule has 1 aliphatic rings. The number of para-hydroxylation sites is 2. The molecule has 122 valence electrons. The lowest BCUT2D eigenvalue weighted by atomic mass is 10.1. The van der Waals surface area contributed by atoms with Gasteiger partial charge in [0, 0.05) is 11.3 Å². The Morgan fingerprint density at radius 1 is 1.04 bits per heavy atom. The topological polar surface area (TPSA) is 87.3 Å². The van der Waals surface area contributed by atoms with Crippen molar-refractivity contribution < 1.29 is 14.4 Å². The smallest absolute Gasteiger partial charge is 0.247 e. The highest BCUT2D eigenvalue weighted by atomic mass is 16.2. The summed E-state index contributed by atoms with van der Waals surface area (Å²) >= 11 is 0. The number of benzene rings is 2. The SMILES string of the molecule is CC(=O)c1ccc(NC(=O)C[C@@H]2Nc3ccccc3NC2=O)cc1. The minimum absolute atomic E-state index is 0.00856. The van der Waals surface area contributed by atoms with Crippen molar-refractivity contribution in [2.45, 2.75) is 19.4 Å². The number of fused-ring (bicyclic) bond motifs is 1. The van der Waals surface area contributed by atoms with E-state index in [2.05, 4.69) is 16.0 Å². The molecule has 2 aromatic carbocycles. The van der Waals surface area contributed by atoms with Gasteiger partial charge >= 0.3 is 0 Å². The lowest BCUT2D eigenvalue weighted by Crippen LogP contribution is -2.41. The van der Waals surface area contributed by atoms with E-state index in [1.807, 2.05) is 18.2 Å². The van der Waals surface area contributed by atoms with Crippen molar-refractivity contribution in [1.82, 2.24) is 0 Å². The van der Waals surface area contributed by atoms with Crippen molar-refractivity contribution in [2.75, 3.05) is 16.0 Å². The van der Waals surface area contributed by atoms with Gasteiger partial charge in [-0.3, -0.25) is 14.4 Å². The quantitative estimate of drug-likeness (QED) is 0.755. The van der Waals surface area contributed by atoms with Crippen LogP contribution in [0.4, 0.5) is 17.1 Å². The second kappa shape index (κ2) is 6.54. The van der Waals surface area contributed by atoms with Gasteiger partial charge in [-0.1, -0.05) is 12.1 Å². The Balaban J connectivity index is 1.63. The zero-order valence-electron chi connectivity index (χ0n) is 13.1. The Bertz CT molecular complexity index is 799. The summed E-state index contributed by atoms with van der Waals surface area (Å²) in [7, 11) is 0. The number of nitrogens with one attached hydrogen (secondary N) is 3. The fourth-order valence-corrected chi connectivity index (χ4v) is 2.52. The number of anilines is 3. The Labute approximate surface area is 139 Å². The van der Waals surface area contributed by atoms with Crippen LogP contribution in [0.5, 0.6) is 0 Å². The van der Waals surface area contributed by atoms with Gasteiger partial charge in [-0.15, -0.1) is 0 Å². The molecule has 0 aromatic heterocycles. The first-order chi connectivity index (χ1) is 11.5. The maximum Gasteiger partial charge on any atom is 0.247 e. The van der Waals surface area contributed by atoms with Gasteiger partial charge in [-0.05, 0) is 43.3 Å². The molecule has 0 saturated heterocycles. The van der Waals surface area contributed by atoms with E-state index in [0.717, 1.165) is 5.69 Å². The van der Waals surface area contributed by atoms with E-state index in [1.54, 1.807) is 30.3 Å². The van der Waals surface area contributed by atoms with E-state index in [4.69, 9.17) is 0 Å². The van der Waals surface area contributed by atoms with Crippen molar-refractivity contribution in [3.63, 3.8) is 0 Å². The van der Waals surface area contributed by atoms with Crippen LogP contribution < -0.4 is 16.0 Å². The molecule has 0 bridgehead atoms. The molecule has 2 aromatic rings. The minimum Gasteiger partial charge on any atom is -0.372 e. The third kappa shape index (κ3) is 3.43. The molecule has 2 amide bonds. The number of ketones is 1. The molecule has 3 rings (SSSR count). The largest absolute Gasteiger partial charge is 0.372 e. The first-order valence-electron chi connectivity index (χ1n) is 7.60. The van der Waals surface area contributed by atoms with Crippen LogP contribution >= 0.6 is 0 Å². The summed E-state index contributed by atoms with van der Waals surface area (Å²) in [5.74, 6) is -0.553. The van der Waals surface area contributed by atoms with Crippen LogP contribution in [0.3, 0.4) is 0 Å². The van der Waals surface area contributed by atoms with Crippen molar-refractivity contribution in [1.29, 1.82) is 0 Å². The zero-order chi connectivity index (χ0) is 17.1. The van der Waals surface area contributed by atoms with Gasteiger partial charge in [0.1, 0.15) is 6.04 Å². The third-order valence-electron chi connectivity index (χ3n) is 3.80. The average Bonchev–Trinajstić information content (AvgIpc) is 2.56. The van der Waals surface area contributed by atoms with E-state index in [0.29, 0.717) is 16.9 Å². The molecule has 0 aliphatic carbocycles. The summed E-state index contributed by atoms with van der Waals surface area (Å²) in [6.07, 6.45) is 0.00856. The summed E-state index contributed by atoms with van der Waals surface area (Å²) in [4.78, 5) is 35.5. The standard InChI is InChI=1S/C18H17N3O3/c1-11(22)12-6-8-13(9-7-12)19-17(23)10-16-18(24)21-15-5-3-2-4-14(15)20-16/h2-9,16,20H,10H2,1H3,(H,19,23)(H,21,24)/t16-/m0/s1. The second-order valence-corrected chi connectivity index (χ2v) is 5.62. The summed E-state index contributed by atoms with van der Waals surface area (Å²) in [6.45, 7) is 1.48. The number of rotatable bonds is 4. The summed E-state index contributed by atoms with van der Waals surface area (Å²) < 4.78 is 0. The summed E-state index contributed by atoms with van der Waals surface area (Å²) in [5.41, 5.74) is 2.67. The Kier molecular flexibility index (Phi) is 4.29. The molecule has 0 spiro atoms. The predicted octanol–water partition coefficient (Wildman–Crippen LogP) is 2.65. The molecule has 0 saturated carbocycles. The molecular formula is C18H17N3O3. The number of amides is 2. The highest BCUT2D eigenvalue weighted by molar-refractivity contribution is 6.06. The lowest BCUT2D eigenvalue weighted by Gasteiger charge is -2.26. The van der Waals surface area contributed by atoms with Gasteiger partial charge in [0.25, 0.3) is 0 Å². The first-order valence-corrected chi connectivity index (χ1v) is 7.60. The van der Waals surface area contributed by atoms with E-state index < -0.39 is 6.04 Å². The van der Waals surface area contributed by atoms with Gasteiger partial charge in [-0.25, -0.2) is 0 Å². The molecule has 0 fully saturated rings. The van der Waals surface area contributed by atoms with Gasteiger partial charge in [0.2, 0.25) is 11.8 Å². The van der Waals surface area contributed by atoms with Crippen LogP contribution in [0.1, 0.15) is 23.7 Å². The van der Waals surface area contributed by atoms with Gasteiger partial charge in [0.05, 0.1) is 17.8 Å². The van der Waals surface area contributed by atoms with Crippen molar-refractivity contribution >= 4 is 34.7 Å². The highest BCUT2D eigenvalue weighted by Gasteiger charge is 2.27. The number of Topliss-reactive ketones (excluding diaryl/α,β-unsaturated/α-hetero) is 1. The summed E-state index contributed by atoms with van der Waals surface area (Å²) in [5, 5.41) is 8.58. The van der Waals surface area contributed by atoms with Crippen LogP contribution in [-0.4, -0.2) is 23.6 Å². The third-order valence-corrected chi connectivity index (χ3v) is 3.80. The lowest BCUT2D eigenvalue weighted by molar-refractivity contribution is -0.122. The monoisotopic (exact) mass is 323 g/mol. The molecule has 1 heterocycles. The van der Waals surface area contributed by atoms with Gasteiger partial charge in [0.15, 0.2) is 5.78 Å².